The molecule has 20 heavy (non-hydrogen) atoms. The fraction of sp³-hybridized carbons (Fsp3) is 0.467. The summed E-state index contributed by atoms with van der Waals surface area (Å²) in [6, 6.07) is 7.13. The van der Waals surface area contributed by atoms with Crippen LogP contribution in [-0.4, -0.2) is 35.9 Å². The van der Waals surface area contributed by atoms with Gasteiger partial charge in [-0.2, -0.15) is 0 Å². The minimum absolute atomic E-state index is 0.0808. The van der Waals surface area contributed by atoms with Crippen LogP contribution in [0.3, 0.4) is 0 Å². The van der Waals surface area contributed by atoms with Gasteiger partial charge in [0.05, 0.1) is 19.6 Å². The molecule has 0 aliphatic carbocycles. The summed E-state index contributed by atoms with van der Waals surface area (Å²) in [7, 11) is 1.62. The number of nitrogens with one attached hydrogen (secondary N) is 1. The van der Waals surface area contributed by atoms with Gasteiger partial charge in [-0.3, -0.25) is 14.5 Å². The molecular weight excluding hydrogens is 256 g/mol. The van der Waals surface area contributed by atoms with E-state index in [0.717, 1.165) is 11.3 Å². The highest BCUT2D eigenvalue weighted by Crippen LogP contribution is 2.17. The van der Waals surface area contributed by atoms with E-state index >= 15 is 0 Å². The number of hydrogen-bond acceptors (Lipinski definition) is 4. The van der Waals surface area contributed by atoms with E-state index in [1.807, 2.05) is 38.1 Å². The Bertz CT molecular complexity index is 496. The maximum atomic E-state index is 12.1. The third kappa shape index (κ3) is 2.99. The first-order valence-corrected chi connectivity index (χ1v) is 6.75. The lowest BCUT2D eigenvalue weighted by Crippen LogP contribution is -2.41. The topological polar surface area (TPSA) is 58.6 Å². The second kappa shape index (κ2) is 6.05. The van der Waals surface area contributed by atoms with Crippen molar-refractivity contribution in [2.45, 2.75) is 38.9 Å². The van der Waals surface area contributed by atoms with Crippen molar-refractivity contribution >= 4 is 11.8 Å². The van der Waals surface area contributed by atoms with Crippen molar-refractivity contribution in [1.82, 2.24) is 10.2 Å². The zero-order chi connectivity index (χ0) is 14.7. The van der Waals surface area contributed by atoms with Crippen LogP contribution in [0.1, 0.15) is 25.8 Å². The zero-order valence-electron chi connectivity index (χ0n) is 12.1. The Morgan fingerprint density at radius 2 is 1.95 bits per heavy atom. The Labute approximate surface area is 118 Å². The molecule has 5 nitrogen and oxygen atoms in total. The molecule has 0 bridgehead atoms. The Morgan fingerprint density at radius 1 is 1.30 bits per heavy atom. The number of nitrogens with zero attached hydrogens (tertiary/aromatic N) is 1. The van der Waals surface area contributed by atoms with Gasteiger partial charge in [0.2, 0.25) is 11.8 Å². The molecule has 1 aromatic carbocycles. The van der Waals surface area contributed by atoms with Crippen LogP contribution in [0.25, 0.3) is 0 Å². The van der Waals surface area contributed by atoms with E-state index in [1.54, 1.807) is 7.11 Å². The summed E-state index contributed by atoms with van der Waals surface area (Å²) in [4.78, 5) is 25.2. The van der Waals surface area contributed by atoms with Crippen molar-refractivity contribution in [2.24, 2.45) is 0 Å². The van der Waals surface area contributed by atoms with Crippen molar-refractivity contribution in [1.29, 1.82) is 0 Å². The van der Waals surface area contributed by atoms with Crippen molar-refractivity contribution in [3.63, 3.8) is 0 Å². The van der Waals surface area contributed by atoms with E-state index in [-0.39, 0.29) is 24.3 Å². The second-order valence-electron chi connectivity index (χ2n) is 5.18. The van der Waals surface area contributed by atoms with E-state index in [4.69, 9.17) is 4.74 Å². The van der Waals surface area contributed by atoms with E-state index in [2.05, 4.69) is 5.32 Å². The second-order valence-corrected chi connectivity index (χ2v) is 5.18. The van der Waals surface area contributed by atoms with Crippen molar-refractivity contribution < 1.29 is 14.3 Å². The maximum absolute atomic E-state index is 12.1. The fourth-order valence-corrected chi connectivity index (χ4v) is 2.34. The first-order valence-electron chi connectivity index (χ1n) is 6.75. The Balaban J connectivity index is 1.94. The average Bonchev–Trinajstić information content (AvgIpc) is 2.71. The summed E-state index contributed by atoms with van der Waals surface area (Å²) in [6.45, 7) is 4.25. The molecule has 1 aliphatic heterocycles. The first kappa shape index (κ1) is 14.5. The van der Waals surface area contributed by atoms with E-state index in [1.165, 1.54) is 4.90 Å². The highest BCUT2D eigenvalue weighted by Gasteiger charge is 2.39. The fourth-order valence-electron chi connectivity index (χ4n) is 2.34. The van der Waals surface area contributed by atoms with Crippen LogP contribution in [0.5, 0.6) is 5.75 Å². The number of amides is 2. The van der Waals surface area contributed by atoms with Crippen molar-refractivity contribution in [2.75, 3.05) is 7.11 Å². The van der Waals surface area contributed by atoms with Crippen LogP contribution >= 0.6 is 0 Å². The molecule has 0 radical (unpaired) electrons. The van der Waals surface area contributed by atoms with Gasteiger partial charge in [0, 0.05) is 12.6 Å². The number of hydrogen-bond donors (Lipinski definition) is 1. The minimum atomic E-state index is -0.410. The lowest BCUT2D eigenvalue weighted by Gasteiger charge is -2.19. The summed E-state index contributed by atoms with van der Waals surface area (Å²) < 4.78 is 5.09. The van der Waals surface area contributed by atoms with Crippen molar-refractivity contribution in [3.05, 3.63) is 29.8 Å². The molecule has 0 aromatic heterocycles. The molecule has 108 valence electrons. The summed E-state index contributed by atoms with van der Waals surface area (Å²) in [5.41, 5.74) is 1.05. The molecule has 2 rings (SSSR count). The van der Waals surface area contributed by atoms with Crippen LogP contribution in [0.2, 0.25) is 0 Å². The number of carbonyl (C=O) groups excluding carboxylic acids is 2. The van der Waals surface area contributed by atoms with Crippen LogP contribution in [-0.2, 0) is 16.1 Å². The van der Waals surface area contributed by atoms with Gasteiger partial charge in [-0.1, -0.05) is 12.1 Å². The number of benzene rings is 1. The van der Waals surface area contributed by atoms with Crippen molar-refractivity contribution in [3.8, 4) is 5.75 Å². The predicted molar refractivity (Wildman–Crippen MR) is 75.2 cm³/mol. The first-order chi connectivity index (χ1) is 9.52. The lowest BCUT2D eigenvalue weighted by atomic mass is 10.2. The molecule has 1 aromatic rings. The molecule has 0 saturated carbocycles. The van der Waals surface area contributed by atoms with Crippen LogP contribution in [0.4, 0.5) is 0 Å². The van der Waals surface area contributed by atoms with Gasteiger partial charge < -0.3 is 10.1 Å². The molecule has 1 N–H and O–H groups in total. The van der Waals surface area contributed by atoms with E-state index < -0.39 is 6.04 Å². The average molecular weight is 276 g/mol. The summed E-state index contributed by atoms with van der Waals surface area (Å²) >= 11 is 0. The van der Waals surface area contributed by atoms with E-state index in [0.29, 0.717) is 6.54 Å². The Kier molecular flexibility index (Phi) is 4.39. The van der Waals surface area contributed by atoms with E-state index in [9.17, 15) is 9.59 Å². The third-order valence-electron chi connectivity index (χ3n) is 3.41. The number of imide groups is 1. The molecule has 5 heteroatoms. The van der Waals surface area contributed by atoms with Gasteiger partial charge in [0.15, 0.2) is 0 Å². The molecule has 1 saturated heterocycles. The molecule has 1 fully saturated rings. The summed E-state index contributed by atoms with van der Waals surface area (Å²) in [5, 5.41) is 3.15. The zero-order valence-corrected chi connectivity index (χ0v) is 12.1. The van der Waals surface area contributed by atoms with Crippen LogP contribution in [0.15, 0.2) is 24.3 Å². The van der Waals surface area contributed by atoms with Gasteiger partial charge in [0.1, 0.15) is 5.75 Å². The standard InChI is InChI=1S/C15H20N2O3/c1-10(2)17-14(18)8-13(15(17)19)16-9-11-4-6-12(20-3)7-5-11/h4-7,10,13,16H,8-9H2,1-3H3. The molecule has 1 atom stereocenters. The molecule has 1 aliphatic rings. The quantitative estimate of drug-likeness (QED) is 0.824. The SMILES string of the molecule is COc1ccc(CNC2CC(=O)N(C(C)C)C2=O)cc1. The lowest BCUT2D eigenvalue weighted by molar-refractivity contribution is -0.140. The van der Waals surface area contributed by atoms with Gasteiger partial charge in [-0.25, -0.2) is 0 Å². The molecule has 0 spiro atoms. The maximum Gasteiger partial charge on any atom is 0.247 e. The normalized spacial score (nSPS) is 19.0. The van der Waals surface area contributed by atoms with Gasteiger partial charge in [-0.05, 0) is 31.5 Å². The smallest absolute Gasteiger partial charge is 0.247 e. The minimum Gasteiger partial charge on any atom is -0.497 e. The third-order valence-corrected chi connectivity index (χ3v) is 3.41. The Hall–Kier alpha value is -1.88. The van der Waals surface area contributed by atoms with Gasteiger partial charge in [-0.15, -0.1) is 0 Å². The van der Waals surface area contributed by atoms with Crippen LogP contribution < -0.4 is 10.1 Å². The highest BCUT2D eigenvalue weighted by atomic mass is 16.5. The largest absolute Gasteiger partial charge is 0.497 e. The number of carbonyl (C=O) groups is 2. The highest BCUT2D eigenvalue weighted by molar-refractivity contribution is 6.05. The Morgan fingerprint density at radius 3 is 2.45 bits per heavy atom. The number of ether oxygens (including phenoxy) is 1. The molecular formula is C15H20N2O3. The number of rotatable bonds is 5. The molecule has 1 heterocycles. The predicted octanol–water partition coefficient (Wildman–Crippen LogP) is 1.32. The molecule has 2 amide bonds. The summed E-state index contributed by atoms with van der Waals surface area (Å²) in [6.07, 6.45) is 0.243. The van der Waals surface area contributed by atoms with Gasteiger partial charge in [0.25, 0.3) is 0 Å². The number of likely N-dealkylation sites (tertiary alicyclic amines) is 1. The van der Waals surface area contributed by atoms with Gasteiger partial charge >= 0.3 is 0 Å². The van der Waals surface area contributed by atoms with Crippen LogP contribution in [0, 0.1) is 0 Å². The monoisotopic (exact) mass is 276 g/mol. The summed E-state index contributed by atoms with van der Waals surface area (Å²) in [5.74, 6) is 0.572. The number of methoxy groups -OCH3 is 1. The molecule has 1 unspecified atom stereocenters.